The molecule has 0 radical (unpaired) electrons. The highest BCUT2D eigenvalue weighted by atomic mass is 16.6. The van der Waals surface area contributed by atoms with Gasteiger partial charge in [-0.05, 0) is 57.5 Å². The van der Waals surface area contributed by atoms with E-state index in [1.54, 1.807) is 12.1 Å². The predicted octanol–water partition coefficient (Wildman–Crippen LogP) is 4.26. The van der Waals surface area contributed by atoms with Gasteiger partial charge in [-0.2, -0.15) is 0 Å². The fraction of sp³-hybridized carbons (Fsp3) is 0.409. The minimum absolute atomic E-state index is 0.0526. The van der Waals surface area contributed by atoms with Gasteiger partial charge in [0.2, 0.25) is 0 Å². The summed E-state index contributed by atoms with van der Waals surface area (Å²) >= 11 is 0. The summed E-state index contributed by atoms with van der Waals surface area (Å²) in [6, 6.07) is 9.23. The summed E-state index contributed by atoms with van der Waals surface area (Å²) in [4.78, 5) is 18.5. The number of nitro benzene ring substituents is 1. The Morgan fingerprint density at radius 2 is 2.13 bits per heavy atom. The van der Waals surface area contributed by atoms with Gasteiger partial charge in [0.25, 0.3) is 0 Å². The maximum atomic E-state index is 11.6. The Kier molecular flexibility index (Phi) is 5.59. The zero-order valence-corrected chi connectivity index (χ0v) is 17.4. The van der Waals surface area contributed by atoms with E-state index in [9.17, 15) is 10.1 Å². The van der Waals surface area contributed by atoms with Crippen molar-refractivity contribution < 1.29 is 9.66 Å². The molecular weight excluding hydrogens is 382 g/mol. The number of anilines is 1. The van der Waals surface area contributed by atoms with E-state index >= 15 is 0 Å². The molecule has 8 nitrogen and oxygen atoms in total. The van der Waals surface area contributed by atoms with Crippen molar-refractivity contribution in [2.75, 3.05) is 18.9 Å². The number of benzene rings is 1. The van der Waals surface area contributed by atoms with Crippen molar-refractivity contribution >= 4 is 17.0 Å². The lowest BCUT2D eigenvalue weighted by molar-refractivity contribution is -0.385. The van der Waals surface area contributed by atoms with Crippen molar-refractivity contribution in [2.24, 2.45) is 0 Å². The average Bonchev–Trinajstić information content (AvgIpc) is 3.07. The highest BCUT2D eigenvalue weighted by Gasteiger charge is 2.24. The molecule has 2 N–H and O–H groups in total. The third-order valence-corrected chi connectivity index (χ3v) is 5.76. The van der Waals surface area contributed by atoms with E-state index in [2.05, 4.69) is 11.8 Å². The number of aromatic nitrogens is 2. The number of piperidine rings is 1. The van der Waals surface area contributed by atoms with E-state index in [0.717, 1.165) is 23.6 Å². The summed E-state index contributed by atoms with van der Waals surface area (Å²) in [5, 5.41) is 11.6. The van der Waals surface area contributed by atoms with Gasteiger partial charge < -0.3 is 14.9 Å². The van der Waals surface area contributed by atoms with Crippen molar-refractivity contribution in [1.29, 1.82) is 0 Å². The standard InChI is InChI=1S/C22H27N5O3/c1-3-30-20-9-7-16(12-18(20)27(28)29)22-19(14-25-11-5-4-6-15(25)2)26-13-17(23)8-10-21(26)24-22/h7-10,12-13,15H,3-6,11,14,23H2,1-2H3. The van der Waals surface area contributed by atoms with Crippen molar-refractivity contribution in [1.82, 2.24) is 14.3 Å². The highest BCUT2D eigenvalue weighted by Crippen LogP contribution is 2.35. The van der Waals surface area contributed by atoms with Gasteiger partial charge >= 0.3 is 5.69 Å². The van der Waals surface area contributed by atoms with E-state index < -0.39 is 4.92 Å². The molecule has 0 saturated carbocycles. The lowest BCUT2D eigenvalue weighted by atomic mass is 10.0. The fourth-order valence-corrected chi connectivity index (χ4v) is 4.16. The summed E-state index contributed by atoms with van der Waals surface area (Å²) in [7, 11) is 0. The van der Waals surface area contributed by atoms with Crippen molar-refractivity contribution in [3.05, 3.63) is 52.3 Å². The van der Waals surface area contributed by atoms with Crippen LogP contribution in [0.3, 0.4) is 0 Å². The molecule has 1 fully saturated rings. The number of pyridine rings is 1. The molecule has 158 valence electrons. The van der Waals surface area contributed by atoms with Crippen LogP contribution in [0.5, 0.6) is 5.75 Å². The molecule has 0 aliphatic carbocycles. The van der Waals surface area contributed by atoms with Crippen LogP contribution in [0.25, 0.3) is 16.9 Å². The predicted molar refractivity (Wildman–Crippen MR) is 117 cm³/mol. The second kappa shape index (κ2) is 8.31. The van der Waals surface area contributed by atoms with Gasteiger partial charge in [-0.3, -0.25) is 15.0 Å². The third kappa shape index (κ3) is 3.82. The van der Waals surface area contributed by atoms with Crippen LogP contribution < -0.4 is 10.5 Å². The van der Waals surface area contributed by atoms with Crippen LogP contribution in [0.2, 0.25) is 0 Å². The molecule has 4 rings (SSSR count). The number of likely N-dealkylation sites (tertiary alicyclic amines) is 1. The Morgan fingerprint density at radius 1 is 1.30 bits per heavy atom. The highest BCUT2D eigenvalue weighted by molar-refractivity contribution is 5.71. The zero-order chi connectivity index (χ0) is 21.3. The third-order valence-electron chi connectivity index (χ3n) is 5.76. The van der Waals surface area contributed by atoms with Gasteiger partial charge in [-0.25, -0.2) is 4.98 Å². The first-order valence-electron chi connectivity index (χ1n) is 10.4. The second-order valence-electron chi connectivity index (χ2n) is 7.79. The van der Waals surface area contributed by atoms with Gasteiger partial charge in [-0.1, -0.05) is 6.42 Å². The number of ether oxygens (including phenoxy) is 1. The lowest BCUT2D eigenvalue weighted by Crippen LogP contribution is -2.37. The number of nitrogens with two attached hydrogens (primary N) is 1. The Hall–Kier alpha value is -3.13. The summed E-state index contributed by atoms with van der Waals surface area (Å²) in [5.41, 5.74) is 9.85. The minimum Gasteiger partial charge on any atom is -0.487 e. The molecule has 1 saturated heterocycles. The molecular formula is C22H27N5O3. The van der Waals surface area contributed by atoms with Crippen LogP contribution in [0, 0.1) is 10.1 Å². The van der Waals surface area contributed by atoms with E-state index in [4.69, 9.17) is 15.5 Å². The second-order valence-corrected chi connectivity index (χ2v) is 7.79. The molecule has 1 aliphatic heterocycles. The Bertz CT molecular complexity index is 1080. The van der Waals surface area contributed by atoms with Gasteiger partial charge in [0.15, 0.2) is 5.75 Å². The molecule has 1 unspecified atom stereocenters. The van der Waals surface area contributed by atoms with Crippen LogP contribution in [-0.2, 0) is 6.54 Å². The van der Waals surface area contributed by atoms with Crippen LogP contribution in [0.1, 0.15) is 38.8 Å². The first kappa shape index (κ1) is 20.2. The molecule has 0 amide bonds. The molecule has 1 aromatic carbocycles. The summed E-state index contributed by atoms with van der Waals surface area (Å²) < 4.78 is 7.45. The number of hydrogen-bond acceptors (Lipinski definition) is 6. The van der Waals surface area contributed by atoms with Crippen LogP contribution in [-0.4, -0.2) is 38.4 Å². The van der Waals surface area contributed by atoms with Crippen LogP contribution >= 0.6 is 0 Å². The molecule has 2 aromatic heterocycles. The molecule has 1 atom stereocenters. The number of imidazole rings is 1. The first-order valence-corrected chi connectivity index (χ1v) is 10.4. The van der Waals surface area contributed by atoms with Gasteiger partial charge in [0.05, 0.1) is 22.9 Å². The van der Waals surface area contributed by atoms with Crippen molar-refractivity contribution in [2.45, 2.75) is 45.7 Å². The van der Waals surface area contributed by atoms with E-state index in [0.29, 0.717) is 30.4 Å². The minimum atomic E-state index is -0.408. The van der Waals surface area contributed by atoms with Gasteiger partial charge in [-0.15, -0.1) is 0 Å². The molecule has 0 spiro atoms. The number of rotatable bonds is 6. The fourth-order valence-electron chi connectivity index (χ4n) is 4.16. The van der Waals surface area contributed by atoms with E-state index in [1.165, 1.54) is 19.3 Å². The molecule has 8 heteroatoms. The normalized spacial score (nSPS) is 17.3. The van der Waals surface area contributed by atoms with Gasteiger partial charge in [0.1, 0.15) is 5.65 Å². The SMILES string of the molecule is CCOc1ccc(-c2nc3ccc(N)cn3c2CN2CCCCC2C)cc1[N+](=O)[O-]. The van der Waals surface area contributed by atoms with Gasteiger partial charge in [0, 0.05) is 36.1 Å². The van der Waals surface area contributed by atoms with E-state index in [1.807, 2.05) is 35.7 Å². The summed E-state index contributed by atoms with van der Waals surface area (Å²) in [5.74, 6) is 0.269. The maximum Gasteiger partial charge on any atom is 0.311 e. The molecule has 1 aliphatic rings. The van der Waals surface area contributed by atoms with E-state index in [-0.39, 0.29) is 11.4 Å². The number of nitrogens with zero attached hydrogens (tertiary/aromatic N) is 4. The summed E-state index contributed by atoms with van der Waals surface area (Å²) in [6.45, 7) is 6.16. The average molecular weight is 409 g/mol. The number of hydrogen-bond donors (Lipinski definition) is 1. The summed E-state index contributed by atoms with van der Waals surface area (Å²) in [6.07, 6.45) is 5.46. The maximum absolute atomic E-state index is 11.6. The topological polar surface area (TPSA) is 98.9 Å². The number of nitro groups is 1. The van der Waals surface area contributed by atoms with Crippen molar-refractivity contribution in [3.63, 3.8) is 0 Å². The Balaban J connectivity index is 1.84. The van der Waals surface area contributed by atoms with Crippen LogP contribution in [0.15, 0.2) is 36.5 Å². The first-order chi connectivity index (χ1) is 14.5. The lowest BCUT2D eigenvalue weighted by Gasteiger charge is -2.33. The number of nitrogen functional groups attached to an aromatic ring is 1. The largest absolute Gasteiger partial charge is 0.487 e. The monoisotopic (exact) mass is 409 g/mol. The number of fused-ring (bicyclic) bond motifs is 1. The van der Waals surface area contributed by atoms with Crippen molar-refractivity contribution in [3.8, 4) is 17.0 Å². The van der Waals surface area contributed by atoms with Crippen LogP contribution in [0.4, 0.5) is 11.4 Å². The zero-order valence-electron chi connectivity index (χ0n) is 17.4. The smallest absolute Gasteiger partial charge is 0.311 e. The molecule has 3 heterocycles. The Morgan fingerprint density at radius 3 is 2.87 bits per heavy atom. The molecule has 0 bridgehead atoms. The molecule has 30 heavy (non-hydrogen) atoms. The molecule has 3 aromatic rings. The quantitative estimate of drug-likeness (QED) is 0.482. The Labute approximate surface area is 175 Å².